The van der Waals surface area contributed by atoms with E-state index in [0.717, 1.165) is 17.5 Å². The van der Waals surface area contributed by atoms with Crippen LogP contribution in [0.4, 0.5) is 21.9 Å². The lowest BCUT2D eigenvalue weighted by Crippen LogP contribution is -2.43. The van der Waals surface area contributed by atoms with Crippen molar-refractivity contribution in [3.8, 4) is 0 Å². The van der Waals surface area contributed by atoms with Gasteiger partial charge in [0.1, 0.15) is 12.6 Å². The fourth-order valence-electron chi connectivity index (χ4n) is 3.98. The van der Waals surface area contributed by atoms with Crippen molar-refractivity contribution in [2.45, 2.75) is 31.9 Å². The van der Waals surface area contributed by atoms with Crippen molar-refractivity contribution < 1.29 is 19.1 Å². The Morgan fingerprint density at radius 2 is 1.60 bits per heavy atom. The molecule has 0 aliphatic carbocycles. The Balaban J connectivity index is 1.29. The van der Waals surface area contributed by atoms with Gasteiger partial charge in [-0.15, -0.1) is 0 Å². The summed E-state index contributed by atoms with van der Waals surface area (Å²) in [7, 11) is 0. The largest absolute Gasteiger partial charge is 0.445 e. The minimum absolute atomic E-state index is 0.163. The number of ether oxygens (including phenoxy) is 1. The number of hydrogen-bond acceptors (Lipinski definition) is 5. The molecule has 3 aromatic rings. The van der Waals surface area contributed by atoms with Crippen molar-refractivity contribution in [2.75, 3.05) is 22.9 Å². The molecular weight excluding hydrogens is 444 g/mol. The fraction of sp³-hybridized carbons (Fsp3) is 0.222. The van der Waals surface area contributed by atoms with E-state index in [1.165, 1.54) is 4.90 Å². The number of nitrogens with two attached hydrogens (primary N) is 1. The number of carbonyl (C=O) groups excluding carboxylic acids is 3. The van der Waals surface area contributed by atoms with Crippen molar-refractivity contribution in [2.24, 2.45) is 0 Å². The summed E-state index contributed by atoms with van der Waals surface area (Å²) in [4.78, 5) is 39.2. The predicted octanol–water partition coefficient (Wildman–Crippen LogP) is 4.19. The van der Waals surface area contributed by atoms with E-state index in [-0.39, 0.29) is 24.8 Å². The fourth-order valence-corrected chi connectivity index (χ4v) is 3.98. The van der Waals surface area contributed by atoms with Crippen molar-refractivity contribution in [3.63, 3.8) is 0 Å². The van der Waals surface area contributed by atoms with Gasteiger partial charge in [0.15, 0.2) is 0 Å². The lowest BCUT2D eigenvalue weighted by atomic mass is 10.1. The third-order valence-electron chi connectivity index (χ3n) is 5.82. The van der Waals surface area contributed by atoms with Gasteiger partial charge in [-0.05, 0) is 48.2 Å². The van der Waals surface area contributed by atoms with Gasteiger partial charge in [0.05, 0.1) is 17.8 Å². The molecule has 0 bridgehead atoms. The Bertz CT molecular complexity index is 1180. The van der Waals surface area contributed by atoms with Crippen LogP contribution in [-0.4, -0.2) is 35.4 Å². The number of anilines is 3. The number of para-hydroxylation sites is 2. The number of rotatable bonds is 7. The molecule has 0 spiro atoms. The van der Waals surface area contributed by atoms with Gasteiger partial charge < -0.3 is 21.1 Å². The van der Waals surface area contributed by atoms with Crippen LogP contribution >= 0.6 is 0 Å². The highest BCUT2D eigenvalue weighted by Crippen LogP contribution is 2.21. The molecule has 1 heterocycles. The number of nitrogens with one attached hydrogen (secondary N) is 2. The SMILES string of the molecule is Nc1ccccc1NC(=O)Cc1ccc(NC(=O)[C@@H]2CCCN2C(=O)OCc2ccccc2)cc1. The number of benzene rings is 3. The highest BCUT2D eigenvalue weighted by Gasteiger charge is 2.35. The van der Waals surface area contributed by atoms with E-state index in [1.54, 1.807) is 48.5 Å². The van der Waals surface area contributed by atoms with Gasteiger partial charge >= 0.3 is 6.09 Å². The summed E-state index contributed by atoms with van der Waals surface area (Å²) in [6.07, 6.45) is 0.990. The monoisotopic (exact) mass is 472 g/mol. The van der Waals surface area contributed by atoms with Crippen LogP contribution < -0.4 is 16.4 Å². The van der Waals surface area contributed by atoms with Crippen LogP contribution in [0.5, 0.6) is 0 Å². The summed E-state index contributed by atoms with van der Waals surface area (Å²) in [5.74, 6) is -0.445. The Kier molecular flexibility index (Phi) is 7.62. The van der Waals surface area contributed by atoms with E-state index in [1.807, 2.05) is 30.3 Å². The van der Waals surface area contributed by atoms with E-state index in [2.05, 4.69) is 10.6 Å². The van der Waals surface area contributed by atoms with Crippen LogP contribution in [-0.2, 0) is 27.4 Å². The molecular formula is C27H28N4O4. The molecule has 35 heavy (non-hydrogen) atoms. The zero-order chi connectivity index (χ0) is 24.6. The van der Waals surface area contributed by atoms with E-state index in [4.69, 9.17) is 10.5 Å². The van der Waals surface area contributed by atoms with Crippen LogP contribution in [0.25, 0.3) is 0 Å². The topological polar surface area (TPSA) is 114 Å². The molecule has 4 rings (SSSR count). The maximum absolute atomic E-state index is 12.9. The van der Waals surface area contributed by atoms with Crippen LogP contribution in [0.15, 0.2) is 78.9 Å². The average molecular weight is 473 g/mol. The van der Waals surface area contributed by atoms with E-state index < -0.39 is 12.1 Å². The molecule has 1 fully saturated rings. The molecule has 3 aromatic carbocycles. The molecule has 0 saturated carbocycles. The van der Waals surface area contributed by atoms with E-state index >= 15 is 0 Å². The molecule has 180 valence electrons. The summed E-state index contributed by atoms with van der Waals surface area (Å²) in [6, 6.07) is 23.0. The van der Waals surface area contributed by atoms with Gasteiger partial charge in [-0.2, -0.15) is 0 Å². The summed E-state index contributed by atoms with van der Waals surface area (Å²) in [5, 5.41) is 5.66. The summed E-state index contributed by atoms with van der Waals surface area (Å²) in [5.41, 5.74) is 9.22. The molecule has 1 atom stereocenters. The second-order valence-electron chi connectivity index (χ2n) is 8.39. The zero-order valence-electron chi connectivity index (χ0n) is 19.3. The number of nitrogens with zero attached hydrogens (tertiary/aromatic N) is 1. The van der Waals surface area contributed by atoms with Crippen LogP contribution in [0, 0.1) is 0 Å². The third kappa shape index (κ3) is 6.38. The van der Waals surface area contributed by atoms with Crippen LogP contribution in [0.2, 0.25) is 0 Å². The first-order valence-electron chi connectivity index (χ1n) is 11.5. The minimum atomic E-state index is -0.583. The molecule has 3 amide bonds. The summed E-state index contributed by atoms with van der Waals surface area (Å²) >= 11 is 0. The first kappa shape index (κ1) is 23.8. The normalized spacial score (nSPS) is 14.9. The van der Waals surface area contributed by atoms with Gasteiger partial charge in [0.2, 0.25) is 11.8 Å². The zero-order valence-corrected chi connectivity index (χ0v) is 19.3. The molecule has 4 N–H and O–H groups in total. The Morgan fingerprint density at radius 1 is 0.886 bits per heavy atom. The number of likely N-dealkylation sites (tertiary alicyclic amines) is 1. The van der Waals surface area contributed by atoms with Crippen molar-refractivity contribution in [1.29, 1.82) is 0 Å². The highest BCUT2D eigenvalue weighted by molar-refractivity contribution is 5.97. The number of carbonyl (C=O) groups is 3. The Morgan fingerprint density at radius 3 is 2.34 bits per heavy atom. The number of nitrogen functional groups attached to an aromatic ring is 1. The van der Waals surface area contributed by atoms with Gasteiger partial charge in [0, 0.05) is 12.2 Å². The lowest BCUT2D eigenvalue weighted by Gasteiger charge is -2.23. The first-order chi connectivity index (χ1) is 17.0. The Hall–Kier alpha value is -4.33. The van der Waals surface area contributed by atoms with Gasteiger partial charge in [-0.3, -0.25) is 14.5 Å². The quantitative estimate of drug-likeness (QED) is 0.446. The predicted molar refractivity (Wildman–Crippen MR) is 135 cm³/mol. The number of amides is 3. The summed E-state index contributed by atoms with van der Waals surface area (Å²) < 4.78 is 5.41. The maximum Gasteiger partial charge on any atom is 0.410 e. The molecule has 8 nitrogen and oxygen atoms in total. The Labute approximate surface area is 204 Å². The molecule has 0 aromatic heterocycles. The van der Waals surface area contributed by atoms with Crippen LogP contribution in [0.1, 0.15) is 24.0 Å². The summed E-state index contributed by atoms with van der Waals surface area (Å²) in [6.45, 7) is 0.641. The second-order valence-corrected chi connectivity index (χ2v) is 8.39. The third-order valence-corrected chi connectivity index (χ3v) is 5.82. The molecule has 8 heteroatoms. The van der Waals surface area contributed by atoms with E-state index in [9.17, 15) is 14.4 Å². The highest BCUT2D eigenvalue weighted by atomic mass is 16.6. The first-order valence-corrected chi connectivity index (χ1v) is 11.5. The van der Waals surface area contributed by atoms with Crippen molar-refractivity contribution in [3.05, 3.63) is 90.0 Å². The van der Waals surface area contributed by atoms with Crippen molar-refractivity contribution >= 4 is 35.0 Å². The minimum Gasteiger partial charge on any atom is -0.445 e. The molecule has 1 saturated heterocycles. The molecule has 1 aliphatic rings. The van der Waals surface area contributed by atoms with E-state index in [0.29, 0.717) is 30.0 Å². The second kappa shape index (κ2) is 11.2. The molecule has 1 aliphatic heterocycles. The molecule has 0 radical (unpaired) electrons. The average Bonchev–Trinajstić information content (AvgIpc) is 3.36. The van der Waals surface area contributed by atoms with Gasteiger partial charge in [-0.25, -0.2) is 4.79 Å². The maximum atomic E-state index is 12.9. The smallest absolute Gasteiger partial charge is 0.410 e. The number of hydrogen-bond donors (Lipinski definition) is 3. The van der Waals surface area contributed by atoms with Gasteiger partial charge in [-0.1, -0.05) is 54.6 Å². The van der Waals surface area contributed by atoms with Crippen LogP contribution in [0.3, 0.4) is 0 Å². The standard InChI is InChI=1S/C27H28N4O4/c28-22-9-4-5-10-23(22)30-25(32)17-19-12-14-21(15-13-19)29-26(33)24-11-6-16-31(24)27(34)35-18-20-7-2-1-3-8-20/h1-5,7-10,12-15,24H,6,11,16-18,28H2,(H,29,33)(H,30,32)/t24-/m0/s1. The molecule has 0 unspecified atom stereocenters. The van der Waals surface area contributed by atoms with Gasteiger partial charge in [0.25, 0.3) is 0 Å². The van der Waals surface area contributed by atoms with Crippen molar-refractivity contribution in [1.82, 2.24) is 4.90 Å². The lowest BCUT2D eigenvalue weighted by molar-refractivity contribution is -0.120.